The van der Waals surface area contributed by atoms with E-state index in [-0.39, 0.29) is 6.42 Å². The van der Waals surface area contributed by atoms with Crippen LogP contribution in [0.4, 0.5) is 0 Å². The highest BCUT2D eigenvalue weighted by Gasteiger charge is 2.14. The molecule has 1 unspecified atom stereocenters. The van der Waals surface area contributed by atoms with E-state index in [1.165, 1.54) is 0 Å². The second kappa shape index (κ2) is 5.03. The Morgan fingerprint density at radius 2 is 2.35 bits per heavy atom. The number of thiophene rings is 1. The van der Waals surface area contributed by atoms with Gasteiger partial charge in [-0.1, -0.05) is 6.07 Å². The predicted octanol–water partition coefficient (Wildman–Crippen LogP) is 1.16. The number of carbonyl (C=O) groups is 1. The highest BCUT2D eigenvalue weighted by molar-refractivity contribution is 7.13. The van der Waals surface area contributed by atoms with Gasteiger partial charge in [-0.25, -0.2) is 9.97 Å². The predicted molar refractivity (Wildman–Crippen MR) is 64.7 cm³/mol. The number of hydrogen-bond acceptors (Lipinski definition) is 5. The molecule has 17 heavy (non-hydrogen) atoms. The van der Waals surface area contributed by atoms with Gasteiger partial charge in [0.1, 0.15) is 11.9 Å². The lowest BCUT2D eigenvalue weighted by molar-refractivity contribution is -0.138. The van der Waals surface area contributed by atoms with Gasteiger partial charge in [-0.15, -0.1) is 11.3 Å². The first-order valence-electron chi connectivity index (χ1n) is 5.01. The minimum atomic E-state index is -1.05. The van der Waals surface area contributed by atoms with Crippen LogP contribution in [-0.2, 0) is 11.2 Å². The Morgan fingerprint density at radius 1 is 1.53 bits per heavy atom. The molecule has 6 heteroatoms. The number of hydrogen-bond donors (Lipinski definition) is 2. The fraction of sp³-hybridized carbons (Fsp3) is 0.182. The summed E-state index contributed by atoms with van der Waals surface area (Å²) in [6, 6.07) is 4.72. The zero-order valence-electron chi connectivity index (χ0n) is 8.91. The summed E-state index contributed by atoms with van der Waals surface area (Å²) in [7, 11) is 0. The third-order valence-corrected chi connectivity index (χ3v) is 3.09. The van der Waals surface area contributed by atoms with E-state index in [0.29, 0.717) is 5.82 Å². The summed E-state index contributed by atoms with van der Waals surface area (Å²) < 4.78 is 0. The van der Waals surface area contributed by atoms with Gasteiger partial charge in [0.05, 0.1) is 10.6 Å². The molecule has 0 aromatic carbocycles. The lowest BCUT2D eigenvalue weighted by atomic mass is 10.2. The molecule has 0 aliphatic rings. The molecule has 0 saturated heterocycles. The van der Waals surface area contributed by atoms with Crippen LogP contribution in [0.3, 0.4) is 0 Å². The van der Waals surface area contributed by atoms with Crippen molar-refractivity contribution in [1.29, 1.82) is 0 Å². The molecule has 2 rings (SSSR count). The van der Waals surface area contributed by atoms with Crippen LogP contribution in [0.1, 0.15) is 5.82 Å². The van der Waals surface area contributed by atoms with Crippen LogP contribution in [0.25, 0.3) is 10.6 Å². The van der Waals surface area contributed by atoms with Gasteiger partial charge in [0.2, 0.25) is 0 Å². The summed E-state index contributed by atoms with van der Waals surface area (Å²) in [6.45, 7) is 0. The molecule has 0 aliphatic carbocycles. The van der Waals surface area contributed by atoms with Gasteiger partial charge in [-0.05, 0) is 17.5 Å². The van der Waals surface area contributed by atoms with Crippen LogP contribution >= 0.6 is 11.3 Å². The smallest absolute Gasteiger partial charge is 0.320 e. The van der Waals surface area contributed by atoms with E-state index >= 15 is 0 Å². The average molecular weight is 249 g/mol. The zero-order chi connectivity index (χ0) is 12.3. The maximum atomic E-state index is 10.6. The summed E-state index contributed by atoms with van der Waals surface area (Å²) in [5.74, 6) is -0.596. The standard InChI is InChI=1S/C11H11N3O2S/c12-7(11(15)16)6-10-13-4-3-8(14-10)9-2-1-5-17-9/h1-5,7H,6,12H2,(H,15,16). The third-order valence-electron chi connectivity index (χ3n) is 2.20. The molecule has 0 spiro atoms. The lowest BCUT2D eigenvalue weighted by Gasteiger charge is -2.05. The van der Waals surface area contributed by atoms with Crippen molar-refractivity contribution in [3.8, 4) is 10.6 Å². The highest BCUT2D eigenvalue weighted by atomic mass is 32.1. The Hall–Kier alpha value is -1.79. The van der Waals surface area contributed by atoms with E-state index in [9.17, 15) is 4.79 Å². The van der Waals surface area contributed by atoms with Crippen molar-refractivity contribution < 1.29 is 9.90 Å². The van der Waals surface area contributed by atoms with Gasteiger partial charge in [0.15, 0.2) is 0 Å². The number of nitrogens with zero attached hydrogens (tertiary/aromatic N) is 2. The maximum Gasteiger partial charge on any atom is 0.320 e. The molecule has 3 N–H and O–H groups in total. The molecular formula is C11H11N3O2S. The molecule has 2 heterocycles. The van der Waals surface area contributed by atoms with Crippen LogP contribution in [0.15, 0.2) is 29.8 Å². The molecule has 2 aromatic rings. The van der Waals surface area contributed by atoms with Crippen molar-refractivity contribution >= 4 is 17.3 Å². The second-order valence-corrected chi connectivity index (χ2v) is 4.43. The van der Waals surface area contributed by atoms with Crippen molar-refractivity contribution in [2.75, 3.05) is 0 Å². The highest BCUT2D eigenvalue weighted by Crippen LogP contribution is 2.22. The first kappa shape index (κ1) is 11.7. The molecule has 0 radical (unpaired) electrons. The number of aromatic nitrogens is 2. The first-order chi connectivity index (χ1) is 8.16. The first-order valence-corrected chi connectivity index (χ1v) is 5.89. The minimum Gasteiger partial charge on any atom is -0.480 e. The topological polar surface area (TPSA) is 89.1 Å². The molecule has 88 valence electrons. The van der Waals surface area contributed by atoms with Gasteiger partial charge < -0.3 is 10.8 Å². The van der Waals surface area contributed by atoms with Gasteiger partial charge in [0, 0.05) is 12.6 Å². The average Bonchev–Trinajstić information content (AvgIpc) is 2.82. The Balaban J connectivity index is 2.20. The van der Waals surface area contributed by atoms with Crippen molar-refractivity contribution in [2.24, 2.45) is 5.73 Å². The second-order valence-electron chi connectivity index (χ2n) is 3.48. The SMILES string of the molecule is NC(Cc1nccc(-c2cccs2)n1)C(=O)O. The lowest BCUT2D eigenvalue weighted by Crippen LogP contribution is -2.32. The van der Waals surface area contributed by atoms with Crippen LogP contribution in [0.5, 0.6) is 0 Å². The van der Waals surface area contributed by atoms with Crippen LogP contribution in [0.2, 0.25) is 0 Å². The maximum absolute atomic E-state index is 10.6. The van der Waals surface area contributed by atoms with E-state index in [2.05, 4.69) is 9.97 Å². The van der Waals surface area contributed by atoms with Crippen molar-refractivity contribution in [2.45, 2.75) is 12.5 Å². The Morgan fingerprint density at radius 3 is 3.00 bits per heavy atom. The molecule has 0 saturated carbocycles. The molecular weight excluding hydrogens is 238 g/mol. The summed E-state index contributed by atoms with van der Waals surface area (Å²) in [5, 5.41) is 10.7. The van der Waals surface area contributed by atoms with Crippen LogP contribution in [0, 0.1) is 0 Å². The fourth-order valence-corrected chi connectivity index (χ4v) is 2.04. The van der Waals surface area contributed by atoms with Gasteiger partial charge in [-0.2, -0.15) is 0 Å². The number of carboxylic acids is 1. The number of aliphatic carboxylic acids is 1. The van der Waals surface area contributed by atoms with Gasteiger partial charge in [0.25, 0.3) is 0 Å². The zero-order valence-corrected chi connectivity index (χ0v) is 9.72. The summed E-state index contributed by atoms with van der Waals surface area (Å²) >= 11 is 1.57. The summed E-state index contributed by atoms with van der Waals surface area (Å²) in [6.07, 6.45) is 1.75. The Kier molecular flexibility index (Phi) is 3.46. The van der Waals surface area contributed by atoms with E-state index < -0.39 is 12.0 Å². The third kappa shape index (κ3) is 2.86. The quantitative estimate of drug-likeness (QED) is 0.848. The van der Waals surface area contributed by atoms with Crippen molar-refractivity contribution in [1.82, 2.24) is 9.97 Å². The molecule has 5 nitrogen and oxygen atoms in total. The summed E-state index contributed by atoms with van der Waals surface area (Å²) in [5.41, 5.74) is 6.23. The largest absolute Gasteiger partial charge is 0.480 e. The van der Waals surface area contributed by atoms with E-state index in [0.717, 1.165) is 10.6 Å². The van der Waals surface area contributed by atoms with Crippen LogP contribution < -0.4 is 5.73 Å². The molecule has 0 fully saturated rings. The van der Waals surface area contributed by atoms with E-state index in [1.807, 2.05) is 17.5 Å². The normalized spacial score (nSPS) is 12.3. The molecule has 0 bridgehead atoms. The fourth-order valence-electron chi connectivity index (χ4n) is 1.34. The van der Waals surface area contributed by atoms with E-state index in [4.69, 9.17) is 10.8 Å². The Labute approximate surface area is 102 Å². The Bertz CT molecular complexity index is 513. The number of rotatable bonds is 4. The van der Waals surface area contributed by atoms with Gasteiger partial charge in [-0.3, -0.25) is 4.79 Å². The van der Waals surface area contributed by atoms with Crippen molar-refractivity contribution in [3.63, 3.8) is 0 Å². The molecule has 0 aliphatic heterocycles. The minimum absolute atomic E-state index is 0.133. The molecule has 0 amide bonds. The number of carboxylic acid groups (broad SMARTS) is 1. The van der Waals surface area contributed by atoms with Gasteiger partial charge >= 0.3 is 5.97 Å². The molecule has 1 atom stereocenters. The van der Waals surface area contributed by atoms with E-state index in [1.54, 1.807) is 23.6 Å². The van der Waals surface area contributed by atoms with Crippen molar-refractivity contribution in [3.05, 3.63) is 35.6 Å². The van der Waals surface area contributed by atoms with Crippen LogP contribution in [-0.4, -0.2) is 27.1 Å². The molecule has 2 aromatic heterocycles. The summed E-state index contributed by atoms with van der Waals surface area (Å²) in [4.78, 5) is 20.0. The monoisotopic (exact) mass is 249 g/mol. The number of nitrogens with two attached hydrogens (primary N) is 1.